The van der Waals surface area contributed by atoms with E-state index in [-0.39, 0.29) is 12.3 Å². The van der Waals surface area contributed by atoms with E-state index >= 15 is 0 Å². The first-order valence-electron chi connectivity index (χ1n) is 9.33. The molecule has 0 aliphatic carbocycles. The van der Waals surface area contributed by atoms with Gasteiger partial charge in [0.2, 0.25) is 5.91 Å². The lowest BCUT2D eigenvalue weighted by Crippen LogP contribution is -2.50. The first-order chi connectivity index (χ1) is 13.1. The number of nitrogens with one attached hydrogen (secondary N) is 1. The lowest BCUT2D eigenvalue weighted by Gasteiger charge is -2.31. The summed E-state index contributed by atoms with van der Waals surface area (Å²) in [5.41, 5.74) is 0.0875. The second-order valence-electron chi connectivity index (χ2n) is 7.83. The lowest BCUT2D eigenvalue weighted by molar-refractivity contribution is -0.163. The number of esters is 1. The van der Waals surface area contributed by atoms with Gasteiger partial charge in [0, 0.05) is 6.92 Å². The Morgan fingerprint density at radius 2 is 1.86 bits per heavy atom. The van der Waals surface area contributed by atoms with Crippen molar-refractivity contribution in [3.05, 3.63) is 41.6 Å². The van der Waals surface area contributed by atoms with Crippen molar-refractivity contribution in [2.75, 3.05) is 6.61 Å². The van der Waals surface area contributed by atoms with Gasteiger partial charge in [0.15, 0.2) is 0 Å². The molecule has 7 nitrogen and oxygen atoms in total. The highest BCUT2D eigenvalue weighted by Gasteiger charge is 2.43. The second-order valence-corrected chi connectivity index (χ2v) is 7.83. The summed E-state index contributed by atoms with van der Waals surface area (Å²) in [6, 6.07) is 7.75. The average molecular weight is 388 g/mol. The number of rotatable bonds is 5. The summed E-state index contributed by atoms with van der Waals surface area (Å²) in [5, 5.41) is 12.3. The summed E-state index contributed by atoms with van der Waals surface area (Å²) in [5.74, 6) is -1.44. The number of carbonyl (C=O) groups excluding carboxylic acids is 3. The zero-order valence-electron chi connectivity index (χ0n) is 16.8. The third-order valence-electron chi connectivity index (χ3n) is 4.28. The van der Waals surface area contributed by atoms with Gasteiger partial charge in [0.25, 0.3) is 5.91 Å². The Labute approximate surface area is 165 Å². The number of benzene rings is 1. The van der Waals surface area contributed by atoms with Crippen LogP contribution in [0.3, 0.4) is 0 Å². The molecule has 1 fully saturated rings. The number of likely N-dealkylation sites (tertiary alicyclic amines) is 1. The molecule has 1 aliphatic heterocycles. The Morgan fingerprint density at radius 3 is 2.39 bits per heavy atom. The molecule has 2 amide bonds. The van der Waals surface area contributed by atoms with Crippen LogP contribution in [-0.2, 0) is 19.1 Å². The number of hydrogen-bond donors (Lipinski definition) is 2. The molecule has 2 rings (SSSR count). The van der Waals surface area contributed by atoms with Crippen LogP contribution in [0.2, 0.25) is 0 Å². The van der Waals surface area contributed by atoms with Crippen LogP contribution in [0.25, 0.3) is 6.08 Å². The smallest absolute Gasteiger partial charge is 0.329 e. The number of hydrogen-bond acceptors (Lipinski definition) is 5. The quantitative estimate of drug-likeness (QED) is 0.593. The van der Waals surface area contributed by atoms with Gasteiger partial charge in [-0.2, -0.15) is 0 Å². The van der Waals surface area contributed by atoms with Gasteiger partial charge >= 0.3 is 5.97 Å². The lowest BCUT2D eigenvalue weighted by atomic mass is 10.1. The first kappa shape index (κ1) is 21.6. The summed E-state index contributed by atoms with van der Waals surface area (Å²) < 4.78 is 5.45. The fourth-order valence-electron chi connectivity index (χ4n) is 3.17. The highest BCUT2D eigenvalue weighted by atomic mass is 16.6. The van der Waals surface area contributed by atoms with E-state index in [1.165, 1.54) is 11.8 Å². The largest absolute Gasteiger partial charge is 0.458 e. The van der Waals surface area contributed by atoms with E-state index < -0.39 is 35.5 Å². The van der Waals surface area contributed by atoms with Gasteiger partial charge in [-0.25, -0.2) is 4.79 Å². The summed E-state index contributed by atoms with van der Waals surface area (Å²) >= 11 is 0. The highest BCUT2D eigenvalue weighted by Crippen LogP contribution is 2.28. The number of aliphatic hydroxyl groups is 1. The standard InChI is InChI=1S/C21H28N2O5/c1-14(25)22-17(12-15-8-6-5-7-9-15)19(26)23-16(13-24)10-11-18(23)20(27)28-21(2,3)4/h5-9,12,16,18,24H,10-11,13H2,1-4H3,(H,22,25)/t16-,18+/m1/s1. The molecule has 0 spiro atoms. The Morgan fingerprint density at radius 1 is 1.21 bits per heavy atom. The van der Waals surface area contributed by atoms with Crippen molar-refractivity contribution in [2.45, 2.75) is 58.2 Å². The van der Waals surface area contributed by atoms with Crippen LogP contribution in [-0.4, -0.2) is 52.1 Å². The summed E-state index contributed by atoms with van der Waals surface area (Å²) in [7, 11) is 0. The Kier molecular flexibility index (Phi) is 6.96. The predicted octanol–water partition coefficient (Wildman–Crippen LogP) is 1.86. The molecule has 0 saturated carbocycles. The minimum Gasteiger partial charge on any atom is -0.458 e. The maximum Gasteiger partial charge on any atom is 0.329 e. The number of amides is 2. The normalized spacial score (nSPS) is 20.0. The van der Waals surface area contributed by atoms with Gasteiger partial charge < -0.3 is 20.1 Å². The van der Waals surface area contributed by atoms with E-state index in [1.54, 1.807) is 39.0 Å². The van der Waals surface area contributed by atoms with Crippen LogP contribution in [0.1, 0.15) is 46.1 Å². The van der Waals surface area contributed by atoms with E-state index in [9.17, 15) is 19.5 Å². The van der Waals surface area contributed by atoms with Crippen molar-refractivity contribution in [3.63, 3.8) is 0 Å². The van der Waals surface area contributed by atoms with Crippen molar-refractivity contribution in [1.82, 2.24) is 10.2 Å². The topological polar surface area (TPSA) is 95.9 Å². The van der Waals surface area contributed by atoms with Crippen LogP contribution in [0.5, 0.6) is 0 Å². The van der Waals surface area contributed by atoms with Crippen LogP contribution < -0.4 is 5.32 Å². The maximum absolute atomic E-state index is 13.3. The SMILES string of the molecule is CC(=O)NC(=Cc1ccccc1)C(=O)N1[C@@H](CO)CC[C@H]1C(=O)OC(C)(C)C. The predicted molar refractivity (Wildman–Crippen MR) is 105 cm³/mol. The summed E-state index contributed by atoms with van der Waals surface area (Å²) in [4.78, 5) is 38.9. The van der Waals surface area contributed by atoms with Crippen LogP contribution in [0.15, 0.2) is 36.0 Å². The molecule has 28 heavy (non-hydrogen) atoms. The van der Waals surface area contributed by atoms with Crippen molar-refractivity contribution >= 4 is 23.9 Å². The van der Waals surface area contributed by atoms with Gasteiger partial charge in [0.05, 0.1) is 12.6 Å². The van der Waals surface area contributed by atoms with Gasteiger partial charge in [-0.15, -0.1) is 0 Å². The molecule has 2 atom stereocenters. The fraction of sp³-hybridized carbons (Fsp3) is 0.476. The molecule has 7 heteroatoms. The van der Waals surface area contributed by atoms with E-state index in [1.807, 2.05) is 18.2 Å². The molecule has 0 radical (unpaired) electrons. The monoisotopic (exact) mass is 388 g/mol. The van der Waals surface area contributed by atoms with Crippen molar-refractivity contribution < 1.29 is 24.2 Å². The van der Waals surface area contributed by atoms with Gasteiger partial charge in [0.1, 0.15) is 17.3 Å². The maximum atomic E-state index is 13.3. The molecule has 0 bridgehead atoms. The zero-order valence-corrected chi connectivity index (χ0v) is 16.8. The summed E-state index contributed by atoms with van der Waals surface area (Å²) in [6.45, 7) is 6.31. The second kappa shape index (κ2) is 9.01. The van der Waals surface area contributed by atoms with E-state index in [0.717, 1.165) is 5.56 Å². The molecule has 1 aliphatic rings. The molecule has 0 aromatic heterocycles. The van der Waals surface area contributed by atoms with Crippen molar-refractivity contribution in [1.29, 1.82) is 0 Å². The van der Waals surface area contributed by atoms with Gasteiger partial charge in [-0.3, -0.25) is 9.59 Å². The van der Waals surface area contributed by atoms with E-state index in [2.05, 4.69) is 5.32 Å². The number of nitrogens with zero attached hydrogens (tertiary/aromatic N) is 1. The third kappa shape index (κ3) is 5.66. The first-order valence-corrected chi connectivity index (χ1v) is 9.33. The average Bonchev–Trinajstić information content (AvgIpc) is 3.03. The Balaban J connectivity index is 2.36. The number of carbonyl (C=O) groups is 3. The Bertz CT molecular complexity index is 752. The molecule has 152 valence electrons. The fourth-order valence-corrected chi connectivity index (χ4v) is 3.17. The molecule has 0 unspecified atom stereocenters. The highest BCUT2D eigenvalue weighted by molar-refractivity contribution is 6.02. The third-order valence-corrected chi connectivity index (χ3v) is 4.28. The minimum absolute atomic E-state index is 0.0487. The molecule has 2 N–H and O–H groups in total. The van der Waals surface area contributed by atoms with Gasteiger partial charge in [-0.05, 0) is 45.3 Å². The van der Waals surface area contributed by atoms with Crippen LogP contribution >= 0.6 is 0 Å². The van der Waals surface area contributed by atoms with Crippen molar-refractivity contribution in [2.24, 2.45) is 0 Å². The van der Waals surface area contributed by atoms with Crippen molar-refractivity contribution in [3.8, 4) is 0 Å². The van der Waals surface area contributed by atoms with E-state index in [4.69, 9.17) is 4.74 Å². The number of aliphatic hydroxyl groups excluding tert-OH is 1. The molecule has 1 aromatic rings. The molecular weight excluding hydrogens is 360 g/mol. The van der Waals surface area contributed by atoms with Gasteiger partial charge in [-0.1, -0.05) is 30.3 Å². The minimum atomic E-state index is -0.809. The Hall–Kier alpha value is -2.67. The number of ether oxygens (including phenoxy) is 1. The zero-order chi connectivity index (χ0) is 20.9. The molecular formula is C21H28N2O5. The molecule has 1 saturated heterocycles. The molecule has 1 aromatic carbocycles. The van der Waals surface area contributed by atoms with E-state index in [0.29, 0.717) is 12.8 Å². The van der Waals surface area contributed by atoms with Crippen LogP contribution in [0.4, 0.5) is 0 Å². The molecule has 1 heterocycles. The summed E-state index contributed by atoms with van der Waals surface area (Å²) in [6.07, 6.45) is 2.43. The van der Waals surface area contributed by atoms with Crippen LogP contribution in [0, 0.1) is 0 Å².